The van der Waals surface area contributed by atoms with Crippen LogP contribution >= 0.6 is 11.3 Å². The summed E-state index contributed by atoms with van der Waals surface area (Å²) in [6.45, 7) is 4.07. The zero-order chi connectivity index (χ0) is 32.6. The molecule has 4 saturated carbocycles. The van der Waals surface area contributed by atoms with E-state index in [4.69, 9.17) is 10.1 Å². The van der Waals surface area contributed by atoms with Gasteiger partial charge in [-0.2, -0.15) is 5.10 Å². The molecule has 5 aliphatic rings. The number of carbonyl (C=O) groups excluding carboxylic acids is 1. The lowest BCUT2D eigenvalue weighted by Crippen LogP contribution is -2.48. The number of hydrogen-bond acceptors (Lipinski definition) is 8. The van der Waals surface area contributed by atoms with E-state index >= 15 is 0 Å². The smallest absolute Gasteiger partial charge is 0.355 e. The highest BCUT2D eigenvalue weighted by Gasteiger charge is 2.51. The molecule has 5 heterocycles. The average molecular weight is 660 g/mol. The van der Waals surface area contributed by atoms with Crippen molar-refractivity contribution >= 4 is 44.5 Å². The van der Waals surface area contributed by atoms with Crippen LogP contribution in [0.5, 0.6) is 0 Å². The number of hydrogen-bond donors (Lipinski definition) is 2. The maximum absolute atomic E-state index is 13.5. The second-order valence-corrected chi connectivity index (χ2v) is 15.5. The number of fused-ring (bicyclic) bond motifs is 2. The Balaban J connectivity index is 0.970. The molecule has 1 aliphatic heterocycles. The summed E-state index contributed by atoms with van der Waals surface area (Å²) < 4.78 is 2.13. The fourth-order valence-electron chi connectivity index (χ4n) is 9.65. The Morgan fingerprint density at radius 2 is 1.79 bits per heavy atom. The zero-order valence-corrected chi connectivity index (χ0v) is 27.7. The highest BCUT2D eigenvalue weighted by Crippen LogP contribution is 2.60. The number of benzene rings is 1. The van der Waals surface area contributed by atoms with Gasteiger partial charge in [0.25, 0.3) is 5.91 Å². The number of carbonyl (C=O) groups is 2. The predicted octanol–water partition coefficient (Wildman–Crippen LogP) is 6.99. The molecule has 48 heavy (non-hydrogen) atoms. The van der Waals surface area contributed by atoms with Crippen LogP contribution in [0.25, 0.3) is 21.5 Å². The molecule has 0 spiro atoms. The van der Waals surface area contributed by atoms with Crippen molar-refractivity contribution in [2.75, 3.05) is 16.8 Å². The van der Waals surface area contributed by atoms with E-state index in [-0.39, 0.29) is 11.6 Å². The molecular formula is C37H37N7O3S. The predicted molar refractivity (Wildman–Crippen MR) is 184 cm³/mol. The largest absolute Gasteiger partial charge is 0.476 e. The average Bonchev–Trinajstić information content (AvgIpc) is 3.65. The van der Waals surface area contributed by atoms with Crippen molar-refractivity contribution in [2.45, 2.75) is 65.0 Å². The van der Waals surface area contributed by atoms with Crippen LogP contribution in [0.15, 0.2) is 54.9 Å². The van der Waals surface area contributed by atoms with Crippen molar-refractivity contribution < 1.29 is 14.7 Å². The van der Waals surface area contributed by atoms with E-state index in [1.807, 2.05) is 48.7 Å². The Kier molecular flexibility index (Phi) is 6.90. The Labute approximate surface area is 282 Å². The minimum absolute atomic E-state index is 0.0197. The van der Waals surface area contributed by atoms with E-state index in [0.29, 0.717) is 47.0 Å². The lowest BCUT2D eigenvalue weighted by atomic mass is 9.49. The maximum Gasteiger partial charge on any atom is 0.355 e. The zero-order valence-electron chi connectivity index (χ0n) is 26.9. The third-order valence-corrected chi connectivity index (χ3v) is 12.2. The molecule has 1 amide bonds. The van der Waals surface area contributed by atoms with Gasteiger partial charge in [0.15, 0.2) is 10.8 Å². The number of thiazole rings is 1. The molecule has 0 radical (unpaired) electrons. The number of pyridine rings is 2. The third-order valence-electron chi connectivity index (χ3n) is 11.4. The molecule has 0 atom stereocenters. The number of nitrogens with one attached hydrogen (secondary N) is 1. The summed E-state index contributed by atoms with van der Waals surface area (Å²) in [6.07, 6.45) is 12.4. The van der Waals surface area contributed by atoms with Gasteiger partial charge >= 0.3 is 5.97 Å². The first-order valence-corrected chi connectivity index (χ1v) is 17.8. The first-order valence-electron chi connectivity index (χ1n) is 17.0. The van der Waals surface area contributed by atoms with Gasteiger partial charge in [0.05, 0.1) is 6.20 Å². The molecule has 11 heteroatoms. The molecule has 10 nitrogen and oxygen atoms in total. The number of anilines is 2. The van der Waals surface area contributed by atoms with Gasteiger partial charge in [-0.3, -0.25) is 14.8 Å². The van der Waals surface area contributed by atoms with Gasteiger partial charge in [-0.1, -0.05) is 23.5 Å². The molecule has 10 rings (SSSR count). The van der Waals surface area contributed by atoms with E-state index < -0.39 is 5.97 Å². The molecule has 2 N–H and O–H groups in total. The SMILES string of the molecule is Cc1c(-c2ccc(N3CCc4cccc(C(=O)Nc5nc6cccnc6s5)c4C3)nc2C(=O)O)cnn1CC12CC3CC(CC(C3)C1)C2. The second-order valence-electron chi connectivity index (χ2n) is 14.5. The number of carboxylic acid groups (broad SMARTS) is 1. The summed E-state index contributed by atoms with van der Waals surface area (Å²) in [5.41, 5.74) is 6.07. The van der Waals surface area contributed by atoms with Crippen LogP contribution in [0.1, 0.15) is 76.2 Å². The Morgan fingerprint density at radius 1 is 1.00 bits per heavy atom. The summed E-state index contributed by atoms with van der Waals surface area (Å²) in [7, 11) is 0. The summed E-state index contributed by atoms with van der Waals surface area (Å²) in [5, 5.41) is 18.6. The van der Waals surface area contributed by atoms with Crippen molar-refractivity contribution in [3.8, 4) is 11.1 Å². The molecule has 4 aliphatic carbocycles. The molecule has 1 aromatic carbocycles. The molecule has 4 fully saturated rings. The molecule has 0 saturated heterocycles. The molecular weight excluding hydrogens is 623 g/mol. The fraction of sp³-hybridized carbons (Fsp3) is 0.405. The number of aromatic nitrogens is 5. The lowest BCUT2D eigenvalue weighted by Gasteiger charge is -2.56. The number of aromatic carboxylic acids is 1. The van der Waals surface area contributed by atoms with Crippen LogP contribution in [0, 0.1) is 30.1 Å². The van der Waals surface area contributed by atoms with Gasteiger partial charge in [0, 0.05) is 48.2 Å². The van der Waals surface area contributed by atoms with E-state index in [9.17, 15) is 14.7 Å². The lowest BCUT2D eigenvalue weighted by molar-refractivity contribution is -0.0638. The van der Waals surface area contributed by atoms with Crippen molar-refractivity contribution in [3.63, 3.8) is 0 Å². The van der Waals surface area contributed by atoms with E-state index in [0.717, 1.165) is 57.0 Å². The second kappa shape index (κ2) is 11.2. The van der Waals surface area contributed by atoms with Gasteiger partial charge in [0.2, 0.25) is 0 Å². The van der Waals surface area contributed by atoms with Crippen molar-refractivity contribution in [1.29, 1.82) is 0 Å². The van der Waals surface area contributed by atoms with Gasteiger partial charge < -0.3 is 10.0 Å². The van der Waals surface area contributed by atoms with E-state index in [2.05, 4.69) is 31.8 Å². The maximum atomic E-state index is 13.5. The quantitative estimate of drug-likeness (QED) is 0.192. The van der Waals surface area contributed by atoms with Gasteiger partial charge in [-0.15, -0.1) is 0 Å². The van der Waals surface area contributed by atoms with Crippen LogP contribution in [0.4, 0.5) is 10.9 Å². The first-order chi connectivity index (χ1) is 23.3. The van der Waals surface area contributed by atoms with Crippen LogP contribution in [0.2, 0.25) is 0 Å². The Bertz CT molecular complexity index is 2030. The molecule has 5 aromatic rings. The number of carboxylic acids is 1. The van der Waals surface area contributed by atoms with Gasteiger partial charge in [-0.05, 0) is 116 Å². The topological polar surface area (TPSA) is 126 Å². The Morgan fingerprint density at radius 3 is 2.54 bits per heavy atom. The van der Waals surface area contributed by atoms with Crippen LogP contribution in [0.3, 0.4) is 0 Å². The first kappa shape index (κ1) is 29.5. The summed E-state index contributed by atoms with van der Waals surface area (Å²) >= 11 is 1.34. The summed E-state index contributed by atoms with van der Waals surface area (Å²) in [6, 6.07) is 13.3. The molecule has 4 bridgehead atoms. The van der Waals surface area contributed by atoms with Crippen LogP contribution in [-0.2, 0) is 19.5 Å². The van der Waals surface area contributed by atoms with E-state index in [1.165, 1.54) is 49.9 Å². The fourth-order valence-corrected chi connectivity index (χ4v) is 10.5. The van der Waals surface area contributed by atoms with Gasteiger partial charge in [0.1, 0.15) is 16.2 Å². The van der Waals surface area contributed by atoms with Gasteiger partial charge in [-0.25, -0.2) is 19.7 Å². The highest BCUT2D eigenvalue weighted by molar-refractivity contribution is 7.21. The van der Waals surface area contributed by atoms with Crippen LogP contribution < -0.4 is 10.2 Å². The minimum Gasteiger partial charge on any atom is -0.476 e. The number of amides is 1. The summed E-state index contributed by atoms with van der Waals surface area (Å²) in [5.74, 6) is 1.87. The third kappa shape index (κ3) is 5.06. The Hall–Kier alpha value is -4.64. The monoisotopic (exact) mass is 659 g/mol. The summed E-state index contributed by atoms with van der Waals surface area (Å²) in [4.78, 5) is 42.5. The van der Waals surface area contributed by atoms with E-state index in [1.54, 1.807) is 6.20 Å². The normalized spacial score (nSPS) is 24.2. The molecule has 244 valence electrons. The van der Waals surface area contributed by atoms with Crippen molar-refractivity contribution in [2.24, 2.45) is 23.2 Å². The number of rotatable bonds is 7. The van der Waals surface area contributed by atoms with Crippen LogP contribution in [-0.4, -0.2) is 48.3 Å². The van der Waals surface area contributed by atoms with Crippen molar-refractivity contribution in [3.05, 3.63) is 82.9 Å². The van der Waals surface area contributed by atoms with Crippen molar-refractivity contribution in [1.82, 2.24) is 24.7 Å². The highest BCUT2D eigenvalue weighted by atomic mass is 32.1. The number of nitrogens with zero attached hydrogens (tertiary/aromatic N) is 6. The standard InChI is InChI=1S/C37H37N7O3S/c1-21-28(18-39-44(21)20-37-15-22-12-23(16-37)14-24(13-22)17-37)26-7-8-31(41-32(26)35(46)47)43-11-9-25-4-2-5-27(29(25)19-43)33(45)42-36-40-30-6-3-10-38-34(30)48-36/h2-8,10,18,22-24H,9,11-17,19-20H2,1H3,(H,46,47)(H,40,42,45). The minimum atomic E-state index is -1.07. The molecule has 4 aromatic heterocycles. The molecule has 0 unspecified atom stereocenters.